The molecule has 1 amide bonds. The number of rotatable bonds is 5. The van der Waals surface area contributed by atoms with Crippen LogP contribution in [0.2, 0.25) is 0 Å². The Labute approximate surface area is 174 Å². The monoisotopic (exact) mass is 418 g/mol. The van der Waals surface area contributed by atoms with E-state index in [1.165, 1.54) is 27.7 Å². The highest BCUT2D eigenvalue weighted by atomic mass is 32.2. The molecule has 0 atom stereocenters. The first-order chi connectivity index (χ1) is 14.2. The second-order valence-corrected chi connectivity index (χ2v) is 7.89. The summed E-state index contributed by atoms with van der Waals surface area (Å²) in [6.07, 6.45) is 0. The molecule has 0 aliphatic carbocycles. The molecule has 0 spiro atoms. The molecule has 1 N–H and O–H groups in total. The number of nitrogens with zero attached hydrogens (tertiary/aromatic N) is 3. The normalized spacial score (nSPS) is 10.6. The summed E-state index contributed by atoms with van der Waals surface area (Å²) in [4.78, 5) is 30.0. The SMILES string of the molecule is N#Cc1cccc(NC(=O)CSc2nc3ccsc3c(=O)n2-c2ccccc2)c1. The third-order valence-corrected chi connectivity index (χ3v) is 5.90. The van der Waals surface area contributed by atoms with Gasteiger partial charge >= 0.3 is 0 Å². The van der Waals surface area contributed by atoms with Crippen molar-refractivity contribution in [3.63, 3.8) is 0 Å². The third kappa shape index (κ3) is 4.06. The van der Waals surface area contributed by atoms with Crippen LogP contribution in [0.4, 0.5) is 5.69 Å². The molecule has 29 heavy (non-hydrogen) atoms. The van der Waals surface area contributed by atoms with Gasteiger partial charge in [0.2, 0.25) is 5.91 Å². The second kappa shape index (κ2) is 8.31. The Bertz CT molecular complexity index is 1290. The fourth-order valence-electron chi connectivity index (χ4n) is 2.79. The zero-order chi connectivity index (χ0) is 20.2. The number of amides is 1. The first-order valence-electron chi connectivity index (χ1n) is 8.64. The van der Waals surface area contributed by atoms with Gasteiger partial charge in [0.1, 0.15) is 4.70 Å². The molecular weight excluding hydrogens is 404 g/mol. The molecular formula is C21H14N4O2S2. The van der Waals surface area contributed by atoms with Gasteiger partial charge in [-0.3, -0.25) is 14.2 Å². The van der Waals surface area contributed by atoms with Gasteiger partial charge in [0.25, 0.3) is 5.56 Å². The van der Waals surface area contributed by atoms with E-state index in [0.29, 0.717) is 32.3 Å². The molecule has 4 rings (SSSR count). The average molecular weight is 419 g/mol. The lowest BCUT2D eigenvalue weighted by atomic mass is 10.2. The Hall–Kier alpha value is -3.41. The molecule has 0 radical (unpaired) electrons. The molecule has 2 aromatic heterocycles. The van der Waals surface area contributed by atoms with Crippen molar-refractivity contribution in [3.8, 4) is 11.8 Å². The molecule has 6 nitrogen and oxygen atoms in total. The van der Waals surface area contributed by atoms with Crippen LogP contribution in [0.25, 0.3) is 15.9 Å². The van der Waals surface area contributed by atoms with Crippen LogP contribution < -0.4 is 10.9 Å². The van der Waals surface area contributed by atoms with Crippen molar-refractivity contribution in [2.45, 2.75) is 5.16 Å². The summed E-state index contributed by atoms with van der Waals surface area (Å²) < 4.78 is 2.11. The molecule has 0 bridgehead atoms. The summed E-state index contributed by atoms with van der Waals surface area (Å²) in [6.45, 7) is 0. The number of para-hydroxylation sites is 1. The summed E-state index contributed by atoms with van der Waals surface area (Å²) in [6, 6.07) is 19.8. The number of anilines is 1. The van der Waals surface area contributed by atoms with E-state index in [4.69, 9.17) is 5.26 Å². The standard InChI is InChI=1S/C21H14N4O2S2/c22-12-14-5-4-6-15(11-14)23-18(26)13-29-21-24-17-9-10-28-19(17)20(27)25(21)16-7-2-1-3-8-16/h1-11H,13H2,(H,23,26). The third-order valence-electron chi connectivity index (χ3n) is 4.07. The summed E-state index contributed by atoms with van der Waals surface area (Å²) in [5.74, 6) is -0.171. The molecule has 2 heterocycles. The maximum Gasteiger partial charge on any atom is 0.276 e. The molecule has 0 saturated carbocycles. The number of hydrogen-bond acceptors (Lipinski definition) is 6. The molecule has 0 aliphatic rings. The number of nitrogens with one attached hydrogen (secondary N) is 1. The van der Waals surface area contributed by atoms with E-state index in [2.05, 4.69) is 10.3 Å². The van der Waals surface area contributed by atoms with Gasteiger partial charge in [0.05, 0.1) is 28.6 Å². The van der Waals surface area contributed by atoms with Gasteiger partial charge in [-0.15, -0.1) is 11.3 Å². The number of nitriles is 1. The lowest BCUT2D eigenvalue weighted by Crippen LogP contribution is -2.22. The van der Waals surface area contributed by atoms with Crippen LogP contribution in [-0.2, 0) is 4.79 Å². The number of aromatic nitrogens is 2. The summed E-state index contributed by atoms with van der Waals surface area (Å²) in [7, 11) is 0. The van der Waals surface area contributed by atoms with Crippen molar-refractivity contribution in [3.05, 3.63) is 82.0 Å². The maximum absolute atomic E-state index is 13.0. The van der Waals surface area contributed by atoms with Crippen LogP contribution >= 0.6 is 23.1 Å². The summed E-state index contributed by atoms with van der Waals surface area (Å²) >= 11 is 2.54. The topological polar surface area (TPSA) is 87.8 Å². The zero-order valence-electron chi connectivity index (χ0n) is 15.0. The lowest BCUT2D eigenvalue weighted by molar-refractivity contribution is -0.113. The van der Waals surface area contributed by atoms with Crippen LogP contribution in [0.15, 0.2) is 76.0 Å². The fraction of sp³-hybridized carbons (Fsp3) is 0.0476. The number of benzene rings is 2. The zero-order valence-corrected chi connectivity index (χ0v) is 16.7. The van der Waals surface area contributed by atoms with Crippen molar-refractivity contribution in [1.82, 2.24) is 9.55 Å². The Kier molecular flexibility index (Phi) is 5.42. The Balaban J connectivity index is 1.61. The Morgan fingerprint density at radius 1 is 1.17 bits per heavy atom. The van der Waals surface area contributed by atoms with Crippen molar-refractivity contribution in [2.24, 2.45) is 0 Å². The molecule has 0 saturated heterocycles. The molecule has 0 aliphatic heterocycles. The van der Waals surface area contributed by atoms with Crippen LogP contribution in [0.1, 0.15) is 5.56 Å². The van der Waals surface area contributed by atoms with Gasteiger partial charge in [0.15, 0.2) is 5.16 Å². The van der Waals surface area contributed by atoms with Gasteiger partial charge in [-0.1, -0.05) is 36.0 Å². The van der Waals surface area contributed by atoms with Crippen molar-refractivity contribution < 1.29 is 4.79 Å². The minimum absolute atomic E-state index is 0.0751. The van der Waals surface area contributed by atoms with Crippen LogP contribution in [0.3, 0.4) is 0 Å². The first kappa shape index (κ1) is 18.9. The highest BCUT2D eigenvalue weighted by Gasteiger charge is 2.15. The van der Waals surface area contributed by atoms with Crippen LogP contribution in [0.5, 0.6) is 0 Å². The number of fused-ring (bicyclic) bond motifs is 1. The van der Waals surface area contributed by atoms with Crippen LogP contribution in [0, 0.1) is 11.3 Å². The summed E-state index contributed by atoms with van der Waals surface area (Å²) in [5, 5.41) is 14.0. The van der Waals surface area contributed by atoms with Crippen LogP contribution in [-0.4, -0.2) is 21.2 Å². The Morgan fingerprint density at radius 2 is 2.00 bits per heavy atom. The summed E-state index contributed by atoms with van der Waals surface area (Å²) in [5.41, 5.74) is 2.19. The van der Waals surface area contributed by atoms with Gasteiger partial charge in [0, 0.05) is 5.69 Å². The maximum atomic E-state index is 13.0. The van der Waals surface area contributed by atoms with E-state index >= 15 is 0 Å². The number of thioether (sulfide) groups is 1. The predicted molar refractivity (Wildman–Crippen MR) is 116 cm³/mol. The fourth-order valence-corrected chi connectivity index (χ4v) is 4.36. The van der Waals surface area contributed by atoms with Crippen molar-refractivity contribution >= 4 is 44.9 Å². The van der Waals surface area contributed by atoms with Crippen molar-refractivity contribution in [1.29, 1.82) is 5.26 Å². The lowest BCUT2D eigenvalue weighted by Gasteiger charge is -2.12. The molecule has 8 heteroatoms. The first-order valence-corrected chi connectivity index (χ1v) is 10.5. The highest BCUT2D eigenvalue weighted by Crippen LogP contribution is 2.23. The van der Waals surface area contributed by atoms with Gasteiger partial charge in [-0.25, -0.2) is 4.98 Å². The number of thiophene rings is 1. The molecule has 2 aromatic carbocycles. The minimum atomic E-state index is -0.246. The van der Waals surface area contributed by atoms with E-state index in [1.807, 2.05) is 41.8 Å². The van der Waals surface area contributed by atoms with Gasteiger partial charge in [-0.05, 0) is 41.8 Å². The number of carbonyl (C=O) groups excluding carboxylic acids is 1. The number of hydrogen-bond donors (Lipinski definition) is 1. The minimum Gasteiger partial charge on any atom is -0.325 e. The van der Waals surface area contributed by atoms with E-state index in [-0.39, 0.29) is 17.2 Å². The predicted octanol–water partition coefficient (Wildman–Crippen LogP) is 4.05. The van der Waals surface area contributed by atoms with E-state index in [9.17, 15) is 9.59 Å². The smallest absolute Gasteiger partial charge is 0.276 e. The quantitative estimate of drug-likeness (QED) is 0.390. The van der Waals surface area contributed by atoms with Crippen molar-refractivity contribution in [2.75, 3.05) is 11.1 Å². The average Bonchev–Trinajstić information content (AvgIpc) is 3.22. The number of carbonyl (C=O) groups is 1. The molecule has 0 unspecified atom stereocenters. The largest absolute Gasteiger partial charge is 0.325 e. The second-order valence-electron chi connectivity index (χ2n) is 6.03. The van der Waals surface area contributed by atoms with Gasteiger partial charge < -0.3 is 5.32 Å². The molecule has 4 aromatic rings. The highest BCUT2D eigenvalue weighted by molar-refractivity contribution is 7.99. The molecule has 0 fully saturated rings. The van der Waals surface area contributed by atoms with E-state index in [0.717, 1.165) is 0 Å². The van der Waals surface area contributed by atoms with Gasteiger partial charge in [-0.2, -0.15) is 5.26 Å². The molecule has 142 valence electrons. The van der Waals surface area contributed by atoms with E-state index < -0.39 is 0 Å². The van der Waals surface area contributed by atoms with E-state index in [1.54, 1.807) is 30.3 Å². The Morgan fingerprint density at radius 3 is 2.79 bits per heavy atom.